The zero-order chi connectivity index (χ0) is 20.6. The van der Waals surface area contributed by atoms with Crippen LogP contribution in [0.3, 0.4) is 0 Å². The molecule has 0 bridgehead atoms. The van der Waals surface area contributed by atoms with Crippen LogP contribution in [0.2, 0.25) is 5.02 Å². The van der Waals surface area contributed by atoms with Gasteiger partial charge in [-0.15, -0.1) is 0 Å². The number of aryl methyl sites for hydroxylation is 1. The lowest BCUT2D eigenvalue weighted by Crippen LogP contribution is -2.32. The number of halogens is 2. The minimum absolute atomic E-state index is 0.133. The summed E-state index contributed by atoms with van der Waals surface area (Å²) in [4.78, 5) is 12.0. The molecule has 1 N–H and O–H groups in total. The third-order valence-corrected chi connectivity index (χ3v) is 5.75. The first-order valence-electron chi connectivity index (χ1n) is 9.01. The fourth-order valence-electron chi connectivity index (χ4n) is 2.77. The molecule has 0 radical (unpaired) electrons. The van der Waals surface area contributed by atoms with E-state index in [1.54, 1.807) is 0 Å². The van der Waals surface area contributed by atoms with Gasteiger partial charge in [0.15, 0.2) is 0 Å². The third-order valence-electron chi connectivity index (χ3n) is 4.18. The smallest absolute Gasteiger partial charge is 0.232 e. The van der Waals surface area contributed by atoms with Gasteiger partial charge in [0.05, 0.1) is 11.9 Å². The van der Waals surface area contributed by atoms with Crippen LogP contribution in [0, 0.1) is 5.82 Å². The topological polar surface area (TPSA) is 66.5 Å². The fourth-order valence-corrected chi connectivity index (χ4v) is 3.97. The molecular formula is C20H24ClFN2O3S. The second-order valence-corrected chi connectivity index (χ2v) is 8.77. The van der Waals surface area contributed by atoms with E-state index in [0.717, 1.165) is 29.7 Å². The number of nitrogens with one attached hydrogen (secondary N) is 1. The standard InChI is InChI=1S/C20H24ClFN2O3S/c1-28(26,27)24(18-12-10-17(22)11-13-18)15-5-9-20(25)23-14-4-7-16-6-2-3-8-19(16)21/h2-3,6,8,10-13H,4-5,7,9,14-15H2,1H3,(H,23,25). The predicted octanol–water partition coefficient (Wildman–Crippen LogP) is 3.77. The van der Waals surface area contributed by atoms with Crippen LogP contribution in [-0.4, -0.2) is 33.7 Å². The molecule has 0 saturated heterocycles. The number of rotatable bonds is 10. The van der Waals surface area contributed by atoms with Crippen LogP contribution in [0.15, 0.2) is 48.5 Å². The van der Waals surface area contributed by atoms with Gasteiger partial charge in [-0.1, -0.05) is 29.8 Å². The molecule has 0 atom stereocenters. The van der Waals surface area contributed by atoms with Crippen molar-refractivity contribution in [1.82, 2.24) is 5.32 Å². The lowest BCUT2D eigenvalue weighted by molar-refractivity contribution is -0.121. The van der Waals surface area contributed by atoms with E-state index in [1.165, 1.54) is 28.6 Å². The van der Waals surface area contributed by atoms with Gasteiger partial charge >= 0.3 is 0 Å². The number of hydrogen-bond acceptors (Lipinski definition) is 3. The summed E-state index contributed by atoms with van der Waals surface area (Å²) in [6.45, 7) is 0.676. The van der Waals surface area contributed by atoms with E-state index in [2.05, 4.69) is 5.32 Å². The highest BCUT2D eigenvalue weighted by Crippen LogP contribution is 2.19. The summed E-state index contributed by atoms with van der Waals surface area (Å²) in [5, 5.41) is 3.55. The van der Waals surface area contributed by atoms with Gasteiger partial charge < -0.3 is 5.32 Å². The average Bonchev–Trinajstić information content (AvgIpc) is 2.64. The summed E-state index contributed by atoms with van der Waals surface area (Å²) in [6, 6.07) is 12.8. The maximum Gasteiger partial charge on any atom is 0.232 e. The maximum absolute atomic E-state index is 13.1. The number of anilines is 1. The van der Waals surface area contributed by atoms with Crippen LogP contribution >= 0.6 is 11.6 Å². The minimum atomic E-state index is -3.52. The molecule has 0 aliphatic heterocycles. The molecule has 0 heterocycles. The van der Waals surface area contributed by atoms with Gasteiger partial charge in [-0.3, -0.25) is 9.10 Å². The number of hydrogen-bond donors (Lipinski definition) is 1. The van der Waals surface area contributed by atoms with Crippen molar-refractivity contribution in [2.24, 2.45) is 0 Å². The van der Waals surface area contributed by atoms with E-state index < -0.39 is 15.8 Å². The first-order chi connectivity index (χ1) is 13.3. The van der Waals surface area contributed by atoms with Crippen molar-refractivity contribution in [2.75, 3.05) is 23.7 Å². The largest absolute Gasteiger partial charge is 0.356 e. The van der Waals surface area contributed by atoms with Crippen LogP contribution < -0.4 is 9.62 Å². The minimum Gasteiger partial charge on any atom is -0.356 e. The van der Waals surface area contributed by atoms with Gasteiger partial charge in [0.2, 0.25) is 15.9 Å². The quantitative estimate of drug-likeness (QED) is 0.588. The normalized spacial score (nSPS) is 11.2. The molecule has 2 aromatic carbocycles. The Morgan fingerprint density at radius 3 is 2.43 bits per heavy atom. The Bertz CT molecular complexity index is 889. The van der Waals surface area contributed by atoms with E-state index >= 15 is 0 Å². The van der Waals surface area contributed by atoms with E-state index in [-0.39, 0.29) is 18.9 Å². The highest BCUT2D eigenvalue weighted by molar-refractivity contribution is 7.92. The Morgan fingerprint density at radius 1 is 1.11 bits per heavy atom. The Kier molecular flexibility index (Phi) is 8.26. The molecule has 5 nitrogen and oxygen atoms in total. The van der Waals surface area contributed by atoms with E-state index in [9.17, 15) is 17.6 Å². The predicted molar refractivity (Wildman–Crippen MR) is 111 cm³/mol. The van der Waals surface area contributed by atoms with E-state index in [1.807, 2.05) is 24.3 Å². The SMILES string of the molecule is CS(=O)(=O)N(CCCC(=O)NCCCc1ccccc1Cl)c1ccc(F)cc1. The molecule has 1 amide bonds. The monoisotopic (exact) mass is 426 g/mol. The van der Waals surface area contributed by atoms with Crippen LogP contribution in [-0.2, 0) is 21.2 Å². The van der Waals surface area contributed by atoms with Crippen molar-refractivity contribution >= 4 is 33.2 Å². The Morgan fingerprint density at radius 2 is 1.79 bits per heavy atom. The molecule has 2 rings (SSSR count). The van der Waals surface area contributed by atoms with Gasteiger partial charge in [-0.05, 0) is 55.2 Å². The number of sulfonamides is 1. The van der Waals surface area contributed by atoms with Crippen molar-refractivity contribution in [2.45, 2.75) is 25.7 Å². The fraction of sp³-hybridized carbons (Fsp3) is 0.350. The zero-order valence-corrected chi connectivity index (χ0v) is 17.3. The highest BCUT2D eigenvalue weighted by Gasteiger charge is 2.17. The summed E-state index contributed by atoms with van der Waals surface area (Å²) in [5.74, 6) is -0.569. The summed E-state index contributed by atoms with van der Waals surface area (Å²) in [7, 11) is -3.52. The number of carbonyl (C=O) groups excluding carboxylic acids is 1. The van der Waals surface area contributed by atoms with Crippen LogP contribution in [0.5, 0.6) is 0 Å². The lowest BCUT2D eigenvalue weighted by atomic mass is 10.1. The number of benzene rings is 2. The maximum atomic E-state index is 13.1. The third kappa shape index (κ3) is 7.13. The van der Waals surface area contributed by atoms with Crippen molar-refractivity contribution in [1.29, 1.82) is 0 Å². The van der Waals surface area contributed by atoms with Gasteiger partial charge in [0.1, 0.15) is 5.82 Å². The second kappa shape index (κ2) is 10.4. The Hall–Kier alpha value is -2.12. The van der Waals surface area contributed by atoms with E-state index in [0.29, 0.717) is 18.7 Å². The van der Waals surface area contributed by atoms with Crippen molar-refractivity contribution < 1.29 is 17.6 Å². The van der Waals surface area contributed by atoms with Crippen molar-refractivity contribution in [3.63, 3.8) is 0 Å². The first kappa shape index (κ1) is 22.2. The molecule has 8 heteroatoms. The zero-order valence-electron chi connectivity index (χ0n) is 15.7. The molecule has 152 valence electrons. The molecule has 0 spiro atoms. The van der Waals surface area contributed by atoms with Crippen molar-refractivity contribution in [3.05, 3.63) is 64.9 Å². The molecule has 2 aromatic rings. The van der Waals surface area contributed by atoms with Crippen LogP contribution in [0.4, 0.5) is 10.1 Å². The summed E-state index contributed by atoms with van der Waals surface area (Å²) in [6.07, 6.45) is 3.19. The second-order valence-electron chi connectivity index (χ2n) is 6.46. The van der Waals surface area contributed by atoms with E-state index in [4.69, 9.17) is 11.6 Å². The van der Waals surface area contributed by atoms with Crippen molar-refractivity contribution in [3.8, 4) is 0 Å². The van der Waals surface area contributed by atoms with Gasteiger partial charge in [0, 0.05) is 24.5 Å². The summed E-state index contributed by atoms with van der Waals surface area (Å²) < 4.78 is 38.2. The number of amides is 1. The summed E-state index contributed by atoms with van der Waals surface area (Å²) in [5.41, 5.74) is 1.42. The van der Waals surface area contributed by atoms with Gasteiger partial charge in [0.25, 0.3) is 0 Å². The molecule has 0 unspecified atom stereocenters. The van der Waals surface area contributed by atoms with Crippen LogP contribution in [0.25, 0.3) is 0 Å². The lowest BCUT2D eigenvalue weighted by Gasteiger charge is -2.22. The molecular weight excluding hydrogens is 403 g/mol. The molecule has 28 heavy (non-hydrogen) atoms. The summed E-state index contributed by atoms with van der Waals surface area (Å²) >= 11 is 6.10. The number of carbonyl (C=O) groups is 1. The Labute approximate surface area is 170 Å². The molecule has 0 aliphatic rings. The first-order valence-corrected chi connectivity index (χ1v) is 11.2. The van der Waals surface area contributed by atoms with Gasteiger partial charge in [-0.25, -0.2) is 12.8 Å². The van der Waals surface area contributed by atoms with Gasteiger partial charge in [-0.2, -0.15) is 0 Å². The molecule has 0 aliphatic carbocycles. The van der Waals surface area contributed by atoms with Crippen LogP contribution in [0.1, 0.15) is 24.8 Å². The Balaban J connectivity index is 1.75. The average molecular weight is 427 g/mol. The number of nitrogens with zero attached hydrogens (tertiary/aromatic N) is 1. The molecule has 0 saturated carbocycles. The molecule has 0 aromatic heterocycles. The highest BCUT2D eigenvalue weighted by atomic mass is 35.5. The molecule has 0 fully saturated rings.